The standard InChI is InChI=1S/C30H51NO/c1-19(2)20-10-15-30(18-31)17-16-28(6)21(25(20)30)8-9-23-27(5)13-12-24(32)26(3,4)22(27)11-14-29(23,28)7/h20-25,32H,1,8-18,31H2,2-7H3. The van der Waals surface area contributed by atoms with Gasteiger partial charge in [0.15, 0.2) is 0 Å². The van der Waals surface area contributed by atoms with Gasteiger partial charge in [0.05, 0.1) is 6.10 Å². The summed E-state index contributed by atoms with van der Waals surface area (Å²) in [6, 6.07) is 0. The van der Waals surface area contributed by atoms with Crippen LogP contribution in [-0.2, 0) is 0 Å². The number of aliphatic hydroxyl groups excluding tert-OH is 1. The molecule has 10 atom stereocenters. The van der Waals surface area contributed by atoms with E-state index in [4.69, 9.17) is 5.73 Å². The first-order valence-corrected chi connectivity index (χ1v) is 13.9. The molecule has 0 amide bonds. The molecule has 5 rings (SSSR count). The molecule has 0 saturated heterocycles. The zero-order chi connectivity index (χ0) is 23.3. The van der Waals surface area contributed by atoms with Crippen molar-refractivity contribution in [2.75, 3.05) is 6.54 Å². The van der Waals surface area contributed by atoms with E-state index in [2.05, 4.69) is 48.1 Å². The van der Waals surface area contributed by atoms with Gasteiger partial charge in [0, 0.05) is 0 Å². The molecular weight excluding hydrogens is 390 g/mol. The molecule has 2 nitrogen and oxygen atoms in total. The summed E-state index contributed by atoms with van der Waals surface area (Å²) in [6.07, 6.45) is 12.8. The summed E-state index contributed by atoms with van der Waals surface area (Å²) in [7, 11) is 0. The summed E-state index contributed by atoms with van der Waals surface area (Å²) in [6.45, 7) is 20.4. The van der Waals surface area contributed by atoms with E-state index >= 15 is 0 Å². The number of allylic oxidation sites excluding steroid dienone is 1. The van der Waals surface area contributed by atoms with Crippen LogP contribution in [0.25, 0.3) is 0 Å². The Kier molecular flexibility index (Phi) is 5.19. The Bertz CT molecular complexity index is 788. The molecule has 5 fully saturated rings. The van der Waals surface area contributed by atoms with Crippen LogP contribution in [0.3, 0.4) is 0 Å². The van der Waals surface area contributed by atoms with Crippen LogP contribution in [0.2, 0.25) is 0 Å². The third kappa shape index (κ3) is 2.66. The second-order valence-corrected chi connectivity index (χ2v) is 14.6. The molecule has 0 aromatic carbocycles. The zero-order valence-electron chi connectivity index (χ0n) is 22.0. The van der Waals surface area contributed by atoms with Gasteiger partial charge in [-0.1, -0.05) is 46.8 Å². The molecule has 0 spiro atoms. The van der Waals surface area contributed by atoms with Crippen LogP contribution < -0.4 is 5.73 Å². The first-order valence-electron chi connectivity index (χ1n) is 13.9. The van der Waals surface area contributed by atoms with Gasteiger partial charge < -0.3 is 10.8 Å². The highest BCUT2D eigenvalue weighted by molar-refractivity contribution is 5.21. The molecule has 32 heavy (non-hydrogen) atoms. The van der Waals surface area contributed by atoms with Crippen LogP contribution in [0.15, 0.2) is 12.2 Å². The first-order chi connectivity index (χ1) is 14.9. The lowest BCUT2D eigenvalue weighted by Gasteiger charge is -2.73. The SMILES string of the molecule is C=C(C)C1CCC2(CN)CCC3(C)C(CCC4C5(C)CCC(O)C(C)(C)C5CCC43C)C12. The highest BCUT2D eigenvalue weighted by Gasteiger charge is 2.70. The number of fused-ring (bicyclic) bond motifs is 7. The molecule has 0 heterocycles. The molecule has 0 aromatic rings. The van der Waals surface area contributed by atoms with Crippen LogP contribution in [-0.4, -0.2) is 17.8 Å². The maximum absolute atomic E-state index is 10.9. The van der Waals surface area contributed by atoms with Crippen molar-refractivity contribution < 1.29 is 5.11 Å². The van der Waals surface area contributed by atoms with Crippen molar-refractivity contribution in [1.29, 1.82) is 0 Å². The van der Waals surface area contributed by atoms with Crippen LogP contribution in [0, 0.1) is 56.7 Å². The van der Waals surface area contributed by atoms with Gasteiger partial charge in [0.1, 0.15) is 0 Å². The lowest BCUT2D eigenvalue weighted by Crippen LogP contribution is -2.67. The first kappa shape index (κ1) is 23.4. The van der Waals surface area contributed by atoms with Gasteiger partial charge in [-0.15, -0.1) is 0 Å². The smallest absolute Gasteiger partial charge is 0.0594 e. The third-order valence-electron chi connectivity index (χ3n) is 13.6. The second kappa shape index (κ2) is 7.09. The predicted octanol–water partition coefficient (Wildman–Crippen LogP) is 6.96. The Hall–Kier alpha value is -0.340. The number of nitrogens with two attached hydrogens (primary N) is 1. The fraction of sp³-hybridized carbons (Fsp3) is 0.933. The van der Waals surface area contributed by atoms with E-state index in [1.54, 1.807) is 0 Å². The Labute approximate surface area is 198 Å². The van der Waals surface area contributed by atoms with Gasteiger partial charge in [0.2, 0.25) is 0 Å². The van der Waals surface area contributed by atoms with Crippen molar-refractivity contribution in [2.24, 2.45) is 62.4 Å². The van der Waals surface area contributed by atoms with Crippen molar-refractivity contribution >= 4 is 0 Å². The molecule has 0 aliphatic heterocycles. The summed E-state index contributed by atoms with van der Waals surface area (Å²) < 4.78 is 0. The average Bonchev–Trinajstić information content (AvgIpc) is 3.12. The van der Waals surface area contributed by atoms with Gasteiger partial charge >= 0.3 is 0 Å². The average molecular weight is 442 g/mol. The van der Waals surface area contributed by atoms with Crippen LogP contribution in [0.4, 0.5) is 0 Å². The molecule has 182 valence electrons. The maximum atomic E-state index is 10.9. The lowest BCUT2D eigenvalue weighted by atomic mass is 9.32. The van der Waals surface area contributed by atoms with Crippen molar-refractivity contribution in [1.82, 2.24) is 0 Å². The molecule has 2 heteroatoms. The summed E-state index contributed by atoms with van der Waals surface area (Å²) in [5, 5.41) is 10.9. The molecule has 0 bridgehead atoms. The minimum Gasteiger partial charge on any atom is -0.393 e. The van der Waals surface area contributed by atoms with Gasteiger partial charge in [-0.05, 0) is 134 Å². The normalized spacial score (nSPS) is 56.5. The zero-order valence-corrected chi connectivity index (χ0v) is 22.0. The van der Waals surface area contributed by atoms with E-state index in [9.17, 15) is 5.11 Å². The minimum atomic E-state index is -0.133. The Morgan fingerprint density at radius 1 is 0.844 bits per heavy atom. The Balaban J connectivity index is 1.55. The molecule has 0 radical (unpaired) electrons. The third-order valence-corrected chi connectivity index (χ3v) is 13.6. The maximum Gasteiger partial charge on any atom is 0.0594 e. The van der Waals surface area contributed by atoms with Crippen molar-refractivity contribution in [2.45, 2.75) is 112 Å². The summed E-state index contributed by atoms with van der Waals surface area (Å²) in [5.41, 5.74) is 9.59. The quantitative estimate of drug-likeness (QED) is 0.455. The number of rotatable bonds is 2. The number of aliphatic hydroxyl groups is 1. The van der Waals surface area contributed by atoms with E-state index in [0.717, 1.165) is 30.7 Å². The number of hydrogen-bond acceptors (Lipinski definition) is 2. The second-order valence-electron chi connectivity index (χ2n) is 14.6. The largest absolute Gasteiger partial charge is 0.393 e. The van der Waals surface area contributed by atoms with Gasteiger partial charge in [-0.25, -0.2) is 0 Å². The van der Waals surface area contributed by atoms with Gasteiger partial charge in [0.25, 0.3) is 0 Å². The molecule has 5 aliphatic carbocycles. The van der Waals surface area contributed by atoms with E-state index in [0.29, 0.717) is 33.5 Å². The molecule has 10 unspecified atom stereocenters. The monoisotopic (exact) mass is 441 g/mol. The van der Waals surface area contributed by atoms with Gasteiger partial charge in [-0.2, -0.15) is 0 Å². The minimum absolute atomic E-state index is 0.0455. The van der Waals surface area contributed by atoms with Crippen LogP contribution >= 0.6 is 0 Å². The Morgan fingerprint density at radius 3 is 2.22 bits per heavy atom. The van der Waals surface area contributed by atoms with Crippen LogP contribution in [0.1, 0.15) is 106 Å². The summed E-state index contributed by atoms with van der Waals surface area (Å²) >= 11 is 0. The molecule has 3 N–H and O–H groups in total. The van der Waals surface area contributed by atoms with Crippen molar-refractivity contribution in [3.8, 4) is 0 Å². The van der Waals surface area contributed by atoms with Crippen molar-refractivity contribution in [3.63, 3.8) is 0 Å². The molecule has 5 aliphatic rings. The van der Waals surface area contributed by atoms with Gasteiger partial charge in [-0.3, -0.25) is 0 Å². The fourth-order valence-corrected chi connectivity index (χ4v) is 11.6. The van der Waals surface area contributed by atoms with E-state index in [-0.39, 0.29) is 11.5 Å². The van der Waals surface area contributed by atoms with E-state index in [1.807, 2.05) is 0 Å². The highest BCUT2D eigenvalue weighted by atomic mass is 16.3. The highest BCUT2D eigenvalue weighted by Crippen LogP contribution is 2.77. The predicted molar refractivity (Wildman–Crippen MR) is 134 cm³/mol. The lowest BCUT2D eigenvalue weighted by molar-refractivity contribution is -0.247. The fourth-order valence-electron chi connectivity index (χ4n) is 11.6. The molecular formula is C30H51NO. The Morgan fingerprint density at radius 2 is 1.56 bits per heavy atom. The van der Waals surface area contributed by atoms with E-state index < -0.39 is 0 Å². The molecule has 5 saturated carbocycles. The molecule has 0 aromatic heterocycles. The topological polar surface area (TPSA) is 46.2 Å². The summed E-state index contributed by atoms with van der Waals surface area (Å²) in [5.74, 6) is 3.67. The number of hydrogen-bond donors (Lipinski definition) is 2. The van der Waals surface area contributed by atoms with Crippen LogP contribution in [0.5, 0.6) is 0 Å². The summed E-state index contributed by atoms with van der Waals surface area (Å²) in [4.78, 5) is 0. The van der Waals surface area contributed by atoms with E-state index in [1.165, 1.54) is 63.4 Å². The van der Waals surface area contributed by atoms with Crippen molar-refractivity contribution in [3.05, 3.63) is 12.2 Å².